The molecule has 0 fully saturated rings. The predicted molar refractivity (Wildman–Crippen MR) is 68.8 cm³/mol. The van der Waals surface area contributed by atoms with Crippen LogP contribution in [0.2, 0.25) is 10.0 Å². The van der Waals surface area contributed by atoms with Gasteiger partial charge in [-0.05, 0) is 13.0 Å². The van der Waals surface area contributed by atoms with Crippen LogP contribution in [0.4, 0.5) is 11.6 Å². The summed E-state index contributed by atoms with van der Waals surface area (Å²) in [6.45, 7) is 2.16. The van der Waals surface area contributed by atoms with Crippen LogP contribution in [-0.2, 0) is 0 Å². The highest BCUT2D eigenvalue weighted by atomic mass is 35.5. The number of nitrogens with one attached hydrogen (secondary N) is 1. The van der Waals surface area contributed by atoms with Crippen LogP contribution in [-0.4, -0.2) is 36.8 Å². The third-order valence-electron chi connectivity index (χ3n) is 2.05. The summed E-state index contributed by atoms with van der Waals surface area (Å²) in [4.78, 5) is 6.07. The first-order chi connectivity index (χ1) is 7.45. The van der Waals surface area contributed by atoms with Crippen LogP contribution < -0.4 is 10.2 Å². The molecule has 0 bridgehead atoms. The molecule has 2 N–H and O–H groups in total. The number of pyridine rings is 1. The van der Waals surface area contributed by atoms with Gasteiger partial charge in [0.15, 0.2) is 0 Å². The summed E-state index contributed by atoms with van der Waals surface area (Å²) in [7, 11) is 3.55. The Kier molecular flexibility index (Phi) is 4.65. The number of nitrogens with zero attached hydrogens (tertiary/aromatic N) is 2. The summed E-state index contributed by atoms with van der Waals surface area (Å²) in [5.41, 5.74) is 0. The van der Waals surface area contributed by atoms with Crippen LogP contribution in [0.15, 0.2) is 6.07 Å². The molecule has 16 heavy (non-hydrogen) atoms. The van der Waals surface area contributed by atoms with Gasteiger partial charge in [-0.1, -0.05) is 23.2 Å². The molecule has 4 nitrogen and oxygen atoms in total. The first-order valence-corrected chi connectivity index (χ1v) is 5.64. The van der Waals surface area contributed by atoms with Gasteiger partial charge in [-0.25, -0.2) is 4.98 Å². The summed E-state index contributed by atoms with van der Waals surface area (Å²) in [6, 6.07) is 1.63. The van der Waals surface area contributed by atoms with Crippen LogP contribution in [0.3, 0.4) is 0 Å². The van der Waals surface area contributed by atoms with Crippen LogP contribution in [0.5, 0.6) is 0 Å². The predicted octanol–water partition coefficient (Wildman–Crippen LogP) is 2.25. The number of hydrogen-bond acceptors (Lipinski definition) is 4. The van der Waals surface area contributed by atoms with Gasteiger partial charge in [0.25, 0.3) is 0 Å². The smallest absolute Gasteiger partial charge is 0.149 e. The largest absolute Gasteiger partial charge is 0.392 e. The topological polar surface area (TPSA) is 48.4 Å². The van der Waals surface area contributed by atoms with Crippen LogP contribution in [0.25, 0.3) is 0 Å². The van der Waals surface area contributed by atoms with Crippen LogP contribution in [0, 0.1) is 0 Å². The van der Waals surface area contributed by atoms with Crippen molar-refractivity contribution in [3.8, 4) is 0 Å². The minimum atomic E-state index is -0.448. The van der Waals surface area contributed by atoms with Gasteiger partial charge >= 0.3 is 0 Å². The van der Waals surface area contributed by atoms with E-state index < -0.39 is 6.10 Å². The SMILES string of the molecule is CNc1nc(N(C)CC(C)O)c(Cl)cc1Cl. The number of aliphatic hydroxyl groups is 1. The van der Waals surface area contributed by atoms with E-state index in [2.05, 4.69) is 10.3 Å². The monoisotopic (exact) mass is 263 g/mol. The number of halogens is 2. The van der Waals surface area contributed by atoms with Crippen molar-refractivity contribution < 1.29 is 5.11 Å². The zero-order valence-electron chi connectivity index (χ0n) is 9.46. The van der Waals surface area contributed by atoms with Gasteiger partial charge in [0, 0.05) is 20.6 Å². The van der Waals surface area contributed by atoms with Crippen molar-refractivity contribution >= 4 is 34.8 Å². The maximum Gasteiger partial charge on any atom is 0.149 e. The lowest BCUT2D eigenvalue weighted by molar-refractivity contribution is 0.201. The number of anilines is 2. The molecule has 90 valence electrons. The van der Waals surface area contributed by atoms with Crippen LogP contribution in [0.1, 0.15) is 6.92 Å². The lowest BCUT2D eigenvalue weighted by Crippen LogP contribution is -2.28. The van der Waals surface area contributed by atoms with Gasteiger partial charge in [0.1, 0.15) is 11.6 Å². The fourth-order valence-electron chi connectivity index (χ4n) is 1.38. The van der Waals surface area contributed by atoms with E-state index in [-0.39, 0.29) is 0 Å². The van der Waals surface area contributed by atoms with E-state index in [4.69, 9.17) is 23.2 Å². The Balaban J connectivity index is 3.03. The van der Waals surface area contributed by atoms with E-state index in [0.29, 0.717) is 28.2 Å². The number of rotatable bonds is 4. The average molecular weight is 264 g/mol. The second kappa shape index (κ2) is 5.57. The third-order valence-corrected chi connectivity index (χ3v) is 2.61. The molecule has 1 unspecified atom stereocenters. The zero-order valence-corrected chi connectivity index (χ0v) is 11.0. The molecule has 6 heteroatoms. The molecule has 1 heterocycles. The molecular formula is C10H15Cl2N3O. The Morgan fingerprint density at radius 2 is 2.12 bits per heavy atom. The van der Waals surface area contributed by atoms with Gasteiger partial charge in [-0.3, -0.25) is 0 Å². The summed E-state index contributed by atoms with van der Waals surface area (Å²) in [5.74, 6) is 1.16. The standard InChI is InChI=1S/C10H15Cl2N3O/c1-6(16)5-15(3)10-8(12)4-7(11)9(13-2)14-10/h4,6,16H,5H2,1-3H3,(H,13,14). The molecule has 1 rings (SSSR count). The second-order valence-electron chi connectivity index (χ2n) is 3.60. The summed E-state index contributed by atoms with van der Waals surface area (Å²) in [5, 5.41) is 13.1. The first-order valence-electron chi connectivity index (χ1n) is 4.88. The van der Waals surface area contributed by atoms with Crippen molar-refractivity contribution in [3.05, 3.63) is 16.1 Å². The Morgan fingerprint density at radius 1 is 1.50 bits per heavy atom. The summed E-state index contributed by atoms with van der Waals surface area (Å²) in [6.07, 6.45) is -0.448. The second-order valence-corrected chi connectivity index (χ2v) is 4.42. The molecule has 0 aliphatic rings. The number of aliphatic hydroxyl groups excluding tert-OH is 1. The van der Waals surface area contributed by atoms with E-state index >= 15 is 0 Å². The Hall–Kier alpha value is -0.710. The fourth-order valence-corrected chi connectivity index (χ4v) is 1.98. The highest BCUT2D eigenvalue weighted by Crippen LogP contribution is 2.30. The lowest BCUT2D eigenvalue weighted by atomic mass is 10.3. The average Bonchev–Trinajstić information content (AvgIpc) is 2.16. The molecular weight excluding hydrogens is 249 g/mol. The Morgan fingerprint density at radius 3 is 2.62 bits per heavy atom. The van der Waals surface area contributed by atoms with Crippen molar-refractivity contribution in [3.63, 3.8) is 0 Å². The normalized spacial score (nSPS) is 12.4. The lowest BCUT2D eigenvalue weighted by Gasteiger charge is -2.21. The van der Waals surface area contributed by atoms with Crippen molar-refractivity contribution in [2.24, 2.45) is 0 Å². The maximum atomic E-state index is 9.30. The van der Waals surface area contributed by atoms with Crippen LogP contribution >= 0.6 is 23.2 Å². The minimum absolute atomic E-state index is 0.448. The number of hydrogen-bond donors (Lipinski definition) is 2. The highest BCUT2D eigenvalue weighted by Gasteiger charge is 2.13. The summed E-state index contributed by atoms with van der Waals surface area (Å²) < 4.78 is 0. The highest BCUT2D eigenvalue weighted by molar-refractivity contribution is 6.37. The van der Waals surface area contributed by atoms with E-state index in [0.717, 1.165) is 0 Å². The van der Waals surface area contributed by atoms with Gasteiger partial charge in [-0.15, -0.1) is 0 Å². The molecule has 0 aliphatic heterocycles. The van der Waals surface area contributed by atoms with Gasteiger partial charge < -0.3 is 15.3 Å². The van der Waals surface area contributed by atoms with Gasteiger partial charge in [0.05, 0.1) is 16.1 Å². The van der Waals surface area contributed by atoms with Crippen molar-refractivity contribution in [2.45, 2.75) is 13.0 Å². The molecule has 0 radical (unpaired) electrons. The third kappa shape index (κ3) is 3.14. The maximum absolute atomic E-state index is 9.30. The minimum Gasteiger partial charge on any atom is -0.392 e. The molecule has 1 atom stereocenters. The molecule has 0 saturated carbocycles. The van der Waals surface area contributed by atoms with Crippen molar-refractivity contribution in [1.82, 2.24) is 4.98 Å². The molecule has 1 aromatic heterocycles. The quantitative estimate of drug-likeness (QED) is 0.875. The van der Waals surface area contributed by atoms with E-state index in [1.54, 1.807) is 24.9 Å². The van der Waals surface area contributed by atoms with E-state index in [1.807, 2.05) is 7.05 Å². The summed E-state index contributed by atoms with van der Waals surface area (Å²) >= 11 is 12.0. The van der Waals surface area contributed by atoms with E-state index in [9.17, 15) is 5.11 Å². The fraction of sp³-hybridized carbons (Fsp3) is 0.500. The van der Waals surface area contributed by atoms with Crippen molar-refractivity contribution in [1.29, 1.82) is 0 Å². The molecule has 0 aliphatic carbocycles. The Bertz CT molecular complexity index is 371. The number of likely N-dealkylation sites (N-methyl/N-ethyl adjacent to an activating group) is 1. The Labute approximate surface area is 105 Å². The zero-order chi connectivity index (χ0) is 12.3. The number of aromatic nitrogens is 1. The molecule has 0 aromatic carbocycles. The van der Waals surface area contributed by atoms with Gasteiger partial charge in [0.2, 0.25) is 0 Å². The molecule has 0 spiro atoms. The molecule has 1 aromatic rings. The van der Waals surface area contributed by atoms with Crippen molar-refractivity contribution in [2.75, 3.05) is 30.9 Å². The van der Waals surface area contributed by atoms with Gasteiger partial charge in [-0.2, -0.15) is 0 Å². The molecule has 0 amide bonds. The first kappa shape index (κ1) is 13.4. The van der Waals surface area contributed by atoms with E-state index in [1.165, 1.54) is 0 Å². The molecule has 0 saturated heterocycles.